The Morgan fingerprint density at radius 3 is 2.95 bits per heavy atom. The zero-order valence-electron chi connectivity index (χ0n) is 11.8. The lowest BCUT2D eigenvalue weighted by atomic mass is 10.2. The number of anilines is 1. The van der Waals surface area contributed by atoms with Gasteiger partial charge in [0.15, 0.2) is 11.5 Å². The number of aryl methyl sites for hydroxylation is 2. The van der Waals surface area contributed by atoms with Gasteiger partial charge in [0.25, 0.3) is 0 Å². The van der Waals surface area contributed by atoms with Crippen molar-refractivity contribution in [2.75, 3.05) is 18.5 Å². The third-order valence-electron chi connectivity index (χ3n) is 3.34. The molecule has 0 spiro atoms. The summed E-state index contributed by atoms with van der Waals surface area (Å²) in [6, 6.07) is 6.02. The van der Waals surface area contributed by atoms with Crippen LogP contribution in [0.5, 0.6) is 11.5 Å². The molecule has 1 aliphatic heterocycles. The minimum absolute atomic E-state index is 0.694. The summed E-state index contributed by atoms with van der Waals surface area (Å²) in [5, 5.41) is 7.73. The second-order valence-corrected chi connectivity index (χ2v) is 4.95. The van der Waals surface area contributed by atoms with Crippen LogP contribution in [0.1, 0.15) is 17.7 Å². The summed E-state index contributed by atoms with van der Waals surface area (Å²) in [6.45, 7) is 4.11. The summed E-state index contributed by atoms with van der Waals surface area (Å²) in [6.07, 6.45) is 2.90. The first-order chi connectivity index (χ1) is 9.74. The first-order valence-corrected chi connectivity index (χ1v) is 6.85. The Kier molecular flexibility index (Phi) is 3.50. The zero-order valence-corrected chi connectivity index (χ0v) is 11.8. The van der Waals surface area contributed by atoms with Crippen LogP contribution in [-0.2, 0) is 13.6 Å². The molecule has 0 radical (unpaired) electrons. The molecule has 1 aliphatic rings. The van der Waals surface area contributed by atoms with E-state index >= 15 is 0 Å². The van der Waals surface area contributed by atoms with Gasteiger partial charge >= 0.3 is 0 Å². The molecule has 3 rings (SSSR count). The molecule has 0 aliphatic carbocycles. The van der Waals surface area contributed by atoms with Crippen LogP contribution in [0.3, 0.4) is 0 Å². The average molecular weight is 273 g/mol. The topological polar surface area (TPSA) is 48.3 Å². The molecule has 0 saturated carbocycles. The Labute approximate surface area is 118 Å². The van der Waals surface area contributed by atoms with E-state index in [0.29, 0.717) is 19.8 Å². The largest absolute Gasteiger partial charge is 0.490 e. The number of rotatable bonds is 3. The number of nitrogens with one attached hydrogen (secondary N) is 1. The Hall–Kier alpha value is -2.17. The van der Waals surface area contributed by atoms with E-state index in [4.69, 9.17) is 9.47 Å². The Morgan fingerprint density at radius 2 is 2.15 bits per heavy atom. The molecule has 5 heteroatoms. The van der Waals surface area contributed by atoms with E-state index < -0.39 is 0 Å². The summed E-state index contributed by atoms with van der Waals surface area (Å²) >= 11 is 0. The molecular formula is C15H19N3O2. The Morgan fingerprint density at radius 1 is 1.30 bits per heavy atom. The van der Waals surface area contributed by atoms with E-state index in [0.717, 1.165) is 34.9 Å². The van der Waals surface area contributed by atoms with Gasteiger partial charge in [-0.25, -0.2) is 0 Å². The predicted octanol–water partition coefficient (Wildman–Crippen LogP) is 2.50. The molecule has 20 heavy (non-hydrogen) atoms. The van der Waals surface area contributed by atoms with Gasteiger partial charge in [0.1, 0.15) is 0 Å². The SMILES string of the molecule is Cc1nn(C)cc1NCc1cccc2c1OCCCO2. The molecule has 0 saturated heterocycles. The molecule has 5 nitrogen and oxygen atoms in total. The third-order valence-corrected chi connectivity index (χ3v) is 3.34. The second kappa shape index (κ2) is 5.45. The van der Waals surface area contributed by atoms with Crippen LogP contribution in [0.15, 0.2) is 24.4 Å². The van der Waals surface area contributed by atoms with E-state index in [-0.39, 0.29) is 0 Å². The van der Waals surface area contributed by atoms with Gasteiger partial charge in [-0.05, 0) is 13.0 Å². The van der Waals surface area contributed by atoms with Crippen LogP contribution < -0.4 is 14.8 Å². The van der Waals surface area contributed by atoms with Gasteiger partial charge in [-0.1, -0.05) is 12.1 Å². The fraction of sp³-hybridized carbons (Fsp3) is 0.400. The van der Waals surface area contributed by atoms with Crippen molar-refractivity contribution in [1.29, 1.82) is 0 Å². The maximum absolute atomic E-state index is 5.82. The highest BCUT2D eigenvalue weighted by Gasteiger charge is 2.14. The number of para-hydroxylation sites is 1. The first-order valence-electron chi connectivity index (χ1n) is 6.85. The summed E-state index contributed by atoms with van der Waals surface area (Å²) in [7, 11) is 1.92. The van der Waals surface area contributed by atoms with Crippen molar-refractivity contribution in [1.82, 2.24) is 9.78 Å². The highest BCUT2D eigenvalue weighted by atomic mass is 16.5. The average Bonchev–Trinajstić information content (AvgIpc) is 2.65. The van der Waals surface area contributed by atoms with Crippen LogP contribution >= 0.6 is 0 Å². The van der Waals surface area contributed by atoms with Crippen molar-refractivity contribution < 1.29 is 9.47 Å². The van der Waals surface area contributed by atoms with Gasteiger partial charge in [-0.3, -0.25) is 4.68 Å². The van der Waals surface area contributed by atoms with Crippen LogP contribution in [0.25, 0.3) is 0 Å². The van der Waals surface area contributed by atoms with Gasteiger partial charge < -0.3 is 14.8 Å². The molecule has 0 bridgehead atoms. The highest BCUT2D eigenvalue weighted by Crippen LogP contribution is 2.33. The fourth-order valence-electron chi connectivity index (χ4n) is 2.36. The molecular weight excluding hydrogens is 254 g/mol. The molecule has 1 aromatic heterocycles. The summed E-state index contributed by atoms with van der Waals surface area (Å²) in [5.74, 6) is 1.70. The predicted molar refractivity (Wildman–Crippen MR) is 77.3 cm³/mol. The molecule has 1 N–H and O–H groups in total. The maximum Gasteiger partial charge on any atom is 0.166 e. The van der Waals surface area contributed by atoms with E-state index in [1.54, 1.807) is 0 Å². The van der Waals surface area contributed by atoms with Crippen molar-refractivity contribution in [3.63, 3.8) is 0 Å². The third kappa shape index (κ3) is 2.57. The van der Waals surface area contributed by atoms with Crippen molar-refractivity contribution >= 4 is 5.69 Å². The number of fused-ring (bicyclic) bond motifs is 1. The standard InChI is InChI=1S/C15H19N3O2/c1-11-13(10-18(2)17-11)16-9-12-5-3-6-14-15(12)20-8-4-7-19-14/h3,5-6,10,16H,4,7-9H2,1-2H3. The number of aromatic nitrogens is 2. The smallest absolute Gasteiger partial charge is 0.166 e. The van der Waals surface area contributed by atoms with Crippen LogP contribution in [0.2, 0.25) is 0 Å². The van der Waals surface area contributed by atoms with Gasteiger partial charge in [-0.15, -0.1) is 0 Å². The normalized spacial score (nSPS) is 13.9. The van der Waals surface area contributed by atoms with E-state index in [9.17, 15) is 0 Å². The van der Waals surface area contributed by atoms with E-state index in [2.05, 4.69) is 16.5 Å². The minimum Gasteiger partial charge on any atom is -0.490 e. The molecule has 2 heterocycles. The van der Waals surface area contributed by atoms with Crippen molar-refractivity contribution in [3.05, 3.63) is 35.7 Å². The number of nitrogens with zero attached hydrogens (tertiary/aromatic N) is 2. The van der Waals surface area contributed by atoms with Gasteiger partial charge in [0, 0.05) is 31.8 Å². The summed E-state index contributed by atoms with van der Waals surface area (Å²) in [4.78, 5) is 0. The molecule has 106 valence electrons. The van der Waals surface area contributed by atoms with Crippen molar-refractivity contribution in [2.45, 2.75) is 19.9 Å². The molecule has 1 aromatic carbocycles. The van der Waals surface area contributed by atoms with Crippen LogP contribution in [0.4, 0.5) is 5.69 Å². The summed E-state index contributed by atoms with van der Waals surface area (Å²) in [5.41, 5.74) is 3.14. The molecule has 0 fully saturated rings. The second-order valence-electron chi connectivity index (χ2n) is 4.95. The number of benzene rings is 1. The first kappa shape index (κ1) is 12.8. The van der Waals surface area contributed by atoms with Gasteiger partial charge in [0.05, 0.1) is 24.6 Å². The molecule has 2 aromatic rings. The quantitative estimate of drug-likeness (QED) is 0.933. The Balaban J connectivity index is 1.79. The number of hydrogen-bond donors (Lipinski definition) is 1. The maximum atomic E-state index is 5.82. The molecule has 0 amide bonds. The minimum atomic E-state index is 0.694. The van der Waals surface area contributed by atoms with Crippen molar-refractivity contribution in [3.8, 4) is 11.5 Å². The Bertz CT molecular complexity index is 607. The van der Waals surface area contributed by atoms with Crippen LogP contribution in [-0.4, -0.2) is 23.0 Å². The highest BCUT2D eigenvalue weighted by molar-refractivity contribution is 5.51. The number of hydrogen-bond acceptors (Lipinski definition) is 4. The molecule has 0 unspecified atom stereocenters. The fourth-order valence-corrected chi connectivity index (χ4v) is 2.36. The lowest BCUT2D eigenvalue weighted by molar-refractivity contribution is 0.296. The van der Waals surface area contributed by atoms with Gasteiger partial charge in [0.2, 0.25) is 0 Å². The monoisotopic (exact) mass is 273 g/mol. The van der Waals surface area contributed by atoms with E-state index in [1.807, 2.05) is 37.0 Å². The van der Waals surface area contributed by atoms with Gasteiger partial charge in [-0.2, -0.15) is 5.10 Å². The number of ether oxygens (including phenoxy) is 2. The zero-order chi connectivity index (χ0) is 13.9. The van der Waals surface area contributed by atoms with E-state index in [1.165, 1.54) is 0 Å². The van der Waals surface area contributed by atoms with Crippen molar-refractivity contribution in [2.24, 2.45) is 7.05 Å². The summed E-state index contributed by atoms with van der Waals surface area (Å²) < 4.78 is 13.3. The molecule has 0 atom stereocenters. The lowest BCUT2D eigenvalue weighted by Crippen LogP contribution is -2.03. The van der Waals surface area contributed by atoms with Crippen LogP contribution in [0, 0.1) is 6.92 Å². The lowest BCUT2D eigenvalue weighted by Gasteiger charge is -2.13.